The molecule has 25 heavy (non-hydrogen) atoms. The van der Waals surface area contributed by atoms with Crippen LogP contribution in [0.1, 0.15) is 20.8 Å². The summed E-state index contributed by atoms with van der Waals surface area (Å²) < 4.78 is 9.09. The number of carboxylic acids is 1. The first kappa shape index (κ1) is 26.9. The molecule has 0 aromatic heterocycles. The molecule has 0 spiro atoms. The highest BCUT2D eigenvalue weighted by atomic mass is 16.5. The zero-order valence-electron chi connectivity index (χ0n) is 15.1. The lowest BCUT2D eigenvalue weighted by Gasteiger charge is -2.06. The van der Waals surface area contributed by atoms with E-state index in [1.165, 1.54) is 13.2 Å². The number of carbonyl (C=O) groups excluding carboxylic acids is 3. The average Bonchev–Trinajstić information content (AvgIpc) is 2.57. The number of aliphatic carboxylic acids is 1. The van der Waals surface area contributed by atoms with Crippen molar-refractivity contribution in [3.05, 3.63) is 49.1 Å². The third kappa shape index (κ3) is 23.4. The molecule has 7 nitrogen and oxygen atoms in total. The Hall–Kier alpha value is -2.96. The number of ether oxygens (including phenoxy) is 2. The lowest BCUT2D eigenvalue weighted by molar-refractivity contribution is -0.139. The van der Waals surface area contributed by atoms with Gasteiger partial charge in [-0.3, -0.25) is 4.79 Å². The number of rotatable bonds is 7. The Kier molecular flexibility index (Phi) is 18.7. The van der Waals surface area contributed by atoms with Crippen LogP contribution in [0.2, 0.25) is 0 Å². The number of hydrogen-bond acceptors (Lipinski definition) is 6. The summed E-state index contributed by atoms with van der Waals surface area (Å²) in [7, 11) is 1.33. The summed E-state index contributed by atoms with van der Waals surface area (Å²) in [6, 6.07) is 0. The summed E-state index contributed by atoms with van der Waals surface area (Å²) in [6.07, 6.45) is 3.80. The Labute approximate surface area is 148 Å². The van der Waals surface area contributed by atoms with Gasteiger partial charge in [0.15, 0.2) is 0 Å². The first-order chi connectivity index (χ1) is 11.5. The summed E-state index contributed by atoms with van der Waals surface area (Å²) >= 11 is 0. The number of carboxylic acid groups (broad SMARTS) is 1. The summed E-state index contributed by atoms with van der Waals surface area (Å²) in [6.45, 7) is 15.6. The van der Waals surface area contributed by atoms with Crippen LogP contribution in [-0.4, -0.2) is 43.0 Å². The number of allylic oxidation sites excluding steroid dienone is 1. The largest absolute Gasteiger partial charge is 0.478 e. The predicted octanol–water partition coefficient (Wildman–Crippen LogP) is 2.49. The van der Waals surface area contributed by atoms with Crippen molar-refractivity contribution in [3.63, 3.8) is 0 Å². The molecular formula is C18H26O7. The second-order valence-corrected chi connectivity index (χ2v) is 4.83. The van der Waals surface area contributed by atoms with E-state index in [0.29, 0.717) is 18.5 Å². The summed E-state index contributed by atoms with van der Waals surface area (Å²) in [5.41, 5.74) is 0.468. The Morgan fingerprint density at radius 1 is 1.12 bits per heavy atom. The maximum Gasteiger partial charge on any atom is 0.337 e. The molecule has 0 aromatic carbocycles. The van der Waals surface area contributed by atoms with E-state index in [1.54, 1.807) is 6.92 Å². The van der Waals surface area contributed by atoms with Gasteiger partial charge in [0, 0.05) is 11.6 Å². The van der Waals surface area contributed by atoms with Gasteiger partial charge in [0.05, 0.1) is 19.3 Å². The van der Waals surface area contributed by atoms with Gasteiger partial charge in [-0.15, -0.1) is 0 Å². The smallest absolute Gasteiger partial charge is 0.337 e. The predicted molar refractivity (Wildman–Crippen MR) is 94.8 cm³/mol. The Balaban J connectivity index is -0.000000365. The van der Waals surface area contributed by atoms with Crippen LogP contribution in [-0.2, 0) is 28.7 Å². The SMILES string of the molecule is C=C(C)C(=O)OC.C=C(C=CC(=O)O)C(=O)OCC(C)C.C=CC=O. The molecule has 0 rings (SSSR count). The molecule has 0 saturated carbocycles. The average molecular weight is 354 g/mol. The van der Waals surface area contributed by atoms with Crippen molar-refractivity contribution in [1.82, 2.24) is 0 Å². The lowest BCUT2D eigenvalue weighted by Crippen LogP contribution is -2.10. The van der Waals surface area contributed by atoms with Crippen LogP contribution in [0.25, 0.3) is 0 Å². The second kappa shape index (κ2) is 17.4. The fourth-order valence-electron chi connectivity index (χ4n) is 0.749. The molecule has 0 aliphatic rings. The third-order valence-electron chi connectivity index (χ3n) is 1.87. The van der Waals surface area contributed by atoms with Gasteiger partial charge in [-0.05, 0) is 25.0 Å². The molecule has 0 aliphatic carbocycles. The molecule has 0 heterocycles. The molecule has 140 valence electrons. The van der Waals surface area contributed by atoms with Gasteiger partial charge in [0.25, 0.3) is 0 Å². The molecule has 0 unspecified atom stereocenters. The Bertz CT molecular complexity index is 508. The second-order valence-electron chi connectivity index (χ2n) is 4.83. The normalized spacial score (nSPS) is 8.84. The van der Waals surface area contributed by atoms with E-state index in [-0.39, 0.29) is 17.5 Å². The summed E-state index contributed by atoms with van der Waals surface area (Å²) in [5, 5.41) is 8.28. The van der Waals surface area contributed by atoms with Crippen LogP contribution in [0.4, 0.5) is 0 Å². The van der Waals surface area contributed by atoms with E-state index in [4.69, 9.17) is 14.6 Å². The van der Waals surface area contributed by atoms with Crippen molar-refractivity contribution >= 4 is 24.2 Å². The topological polar surface area (TPSA) is 107 Å². The van der Waals surface area contributed by atoms with Crippen LogP contribution < -0.4 is 0 Å². The van der Waals surface area contributed by atoms with Crippen molar-refractivity contribution in [1.29, 1.82) is 0 Å². The van der Waals surface area contributed by atoms with E-state index >= 15 is 0 Å². The molecular weight excluding hydrogens is 328 g/mol. The molecule has 0 fully saturated rings. The fraction of sp³-hybridized carbons (Fsp3) is 0.333. The highest BCUT2D eigenvalue weighted by Crippen LogP contribution is 2.00. The quantitative estimate of drug-likeness (QED) is 0.324. The minimum atomic E-state index is -1.12. The molecule has 0 atom stereocenters. The summed E-state index contributed by atoms with van der Waals surface area (Å²) in [5.74, 6) is -1.81. The molecule has 1 N–H and O–H groups in total. The lowest BCUT2D eigenvalue weighted by atomic mass is 10.2. The monoisotopic (exact) mass is 354 g/mol. The zero-order valence-corrected chi connectivity index (χ0v) is 15.1. The van der Waals surface area contributed by atoms with Crippen molar-refractivity contribution < 1.29 is 33.8 Å². The fourth-order valence-corrected chi connectivity index (χ4v) is 0.749. The molecule has 7 heteroatoms. The van der Waals surface area contributed by atoms with Crippen molar-refractivity contribution in [3.8, 4) is 0 Å². The van der Waals surface area contributed by atoms with E-state index < -0.39 is 11.9 Å². The highest BCUT2D eigenvalue weighted by Gasteiger charge is 2.06. The van der Waals surface area contributed by atoms with Crippen LogP contribution in [0.15, 0.2) is 49.1 Å². The number of esters is 2. The van der Waals surface area contributed by atoms with E-state index in [2.05, 4.69) is 24.5 Å². The van der Waals surface area contributed by atoms with Crippen LogP contribution in [0.5, 0.6) is 0 Å². The maximum absolute atomic E-state index is 11.1. The summed E-state index contributed by atoms with van der Waals surface area (Å²) in [4.78, 5) is 40.5. The number of carbonyl (C=O) groups is 4. The van der Waals surface area contributed by atoms with Crippen LogP contribution in [0, 0.1) is 5.92 Å². The molecule has 0 aromatic rings. The number of methoxy groups -OCH3 is 1. The van der Waals surface area contributed by atoms with Gasteiger partial charge in [-0.2, -0.15) is 0 Å². The van der Waals surface area contributed by atoms with Gasteiger partial charge >= 0.3 is 17.9 Å². The van der Waals surface area contributed by atoms with Gasteiger partial charge in [0.2, 0.25) is 0 Å². The highest BCUT2D eigenvalue weighted by molar-refractivity contribution is 5.93. The molecule has 0 aliphatic heterocycles. The Morgan fingerprint density at radius 2 is 1.60 bits per heavy atom. The van der Waals surface area contributed by atoms with Crippen LogP contribution in [0.3, 0.4) is 0 Å². The van der Waals surface area contributed by atoms with Crippen LogP contribution >= 0.6 is 0 Å². The third-order valence-corrected chi connectivity index (χ3v) is 1.87. The van der Waals surface area contributed by atoms with Gasteiger partial charge in [0.1, 0.15) is 6.29 Å². The molecule has 0 radical (unpaired) electrons. The number of aldehydes is 1. The molecule has 0 saturated heterocycles. The van der Waals surface area contributed by atoms with Gasteiger partial charge in [-0.1, -0.05) is 33.6 Å². The minimum Gasteiger partial charge on any atom is -0.478 e. The van der Waals surface area contributed by atoms with E-state index in [0.717, 1.165) is 12.2 Å². The molecule has 0 amide bonds. The minimum absolute atomic E-state index is 0.0352. The van der Waals surface area contributed by atoms with E-state index in [1.807, 2.05) is 13.8 Å². The number of hydrogen-bond donors (Lipinski definition) is 1. The first-order valence-electron chi connectivity index (χ1n) is 7.10. The maximum atomic E-state index is 11.1. The van der Waals surface area contributed by atoms with Crippen molar-refractivity contribution in [2.45, 2.75) is 20.8 Å². The molecule has 0 bridgehead atoms. The standard InChI is InChI=1S/C10H14O4.C5H8O2.C3H4O/c1-7(2)6-14-10(13)8(3)4-5-9(11)12;1-4(2)5(6)7-3;1-2-3-4/h4-5,7H,3,6H2,1-2H3,(H,11,12);1H2,2-3H3;2-3H,1H2. The van der Waals surface area contributed by atoms with Gasteiger partial charge in [-0.25, -0.2) is 14.4 Å². The first-order valence-corrected chi connectivity index (χ1v) is 7.10. The Morgan fingerprint density at radius 3 is 1.84 bits per heavy atom. The van der Waals surface area contributed by atoms with Crippen molar-refractivity contribution in [2.75, 3.05) is 13.7 Å². The zero-order chi connectivity index (χ0) is 20.4. The van der Waals surface area contributed by atoms with E-state index in [9.17, 15) is 14.4 Å². The van der Waals surface area contributed by atoms with Crippen molar-refractivity contribution in [2.24, 2.45) is 5.92 Å². The van der Waals surface area contributed by atoms with Gasteiger partial charge < -0.3 is 14.6 Å².